The van der Waals surface area contributed by atoms with Gasteiger partial charge in [0.25, 0.3) is 0 Å². The Balaban J connectivity index is 0.000000151. The number of nitrogens with zero attached hydrogens (tertiary/aromatic N) is 4. The molecule has 0 aliphatic rings. The van der Waals surface area contributed by atoms with Crippen LogP contribution in [0.1, 0.15) is 16.2 Å². The summed E-state index contributed by atoms with van der Waals surface area (Å²) in [6, 6.07) is 11.1. The molecule has 8 nitrogen and oxygen atoms in total. The number of hydrogen-bond donors (Lipinski definition) is 3. The summed E-state index contributed by atoms with van der Waals surface area (Å²) in [6.07, 6.45) is 7.19. The molecule has 0 aliphatic heterocycles. The summed E-state index contributed by atoms with van der Waals surface area (Å²) in [6.45, 7) is -0.0279. The van der Waals surface area contributed by atoms with E-state index in [-0.39, 0.29) is 6.61 Å². The molecule has 4 heterocycles. The SMILES string of the molecule is O=Cc1cnc(-c2ccccn2)[nH]1.OCc1cnc(-c2ccccn2)[nH]1. The molecule has 4 aromatic rings. The van der Waals surface area contributed by atoms with Crippen molar-refractivity contribution in [3.05, 3.63) is 72.6 Å². The number of pyridine rings is 2. The molecule has 26 heavy (non-hydrogen) atoms. The second-order valence-electron chi connectivity index (χ2n) is 5.15. The van der Waals surface area contributed by atoms with Gasteiger partial charge in [0, 0.05) is 12.4 Å². The molecule has 3 N–H and O–H groups in total. The summed E-state index contributed by atoms with van der Waals surface area (Å²) in [5.41, 5.74) is 2.67. The zero-order chi connectivity index (χ0) is 18.2. The maximum absolute atomic E-state index is 10.4. The van der Waals surface area contributed by atoms with Crippen molar-refractivity contribution in [2.75, 3.05) is 0 Å². The van der Waals surface area contributed by atoms with Gasteiger partial charge in [0.05, 0.1) is 30.4 Å². The Morgan fingerprint density at radius 2 is 1.46 bits per heavy atom. The maximum atomic E-state index is 10.4. The fourth-order valence-corrected chi connectivity index (χ4v) is 2.10. The number of nitrogens with one attached hydrogen (secondary N) is 2. The van der Waals surface area contributed by atoms with E-state index in [1.807, 2.05) is 36.4 Å². The molecule has 130 valence electrons. The van der Waals surface area contributed by atoms with Crippen molar-refractivity contribution < 1.29 is 9.90 Å². The number of aromatic nitrogens is 6. The van der Waals surface area contributed by atoms with Gasteiger partial charge in [-0.15, -0.1) is 0 Å². The van der Waals surface area contributed by atoms with Crippen molar-refractivity contribution >= 4 is 6.29 Å². The van der Waals surface area contributed by atoms with Crippen LogP contribution in [0.2, 0.25) is 0 Å². The molecule has 0 bridgehead atoms. The Bertz CT molecular complexity index is 950. The Labute approximate surface area is 149 Å². The standard InChI is InChI=1S/C9H9N3O.C9H7N3O/c2*13-6-7-5-11-9(12-7)8-3-1-2-4-10-8/h1-5,13H,6H2,(H,11,12);1-6H,(H,11,12). The fraction of sp³-hybridized carbons (Fsp3) is 0.0556. The third kappa shape index (κ3) is 4.25. The summed E-state index contributed by atoms with van der Waals surface area (Å²) in [5, 5.41) is 8.81. The molecule has 0 unspecified atom stereocenters. The Hall–Kier alpha value is -3.65. The van der Waals surface area contributed by atoms with Gasteiger partial charge >= 0.3 is 0 Å². The van der Waals surface area contributed by atoms with Crippen LogP contribution in [-0.2, 0) is 6.61 Å². The minimum absolute atomic E-state index is 0.0279. The van der Waals surface area contributed by atoms with E-state index in [9.17, 15) is 4.79 Å². The van der Waals surface area contributed by atoms with Gasteiger partial charge in [-0.05, 0) is 24.3 Å². The van der Waals surface area contributed by atoms with Crippen molar-refractivity contribution in [1.82, 2.24) is 29.9 Å². The van der Waals surface area contributed by atoms with Crippen LogP contribution in [0.4, 0.5) is 0 Å². The van der Waals surface area contributed by atoms with Crippen molar-refractivity contribution in [3.8, 4) is 23.0 Å². The third-order valence-corrected chi connectivity index (χ3v) is 3.34. The van der Waals surface area contributed by atoms with Crippen molar-refractivity contribution in [1.29, 1.82) is 0 Å². The van der Waals surface area contributed by atoms with E-state index in [2.05, 4.69) is 29.9 Å². The fourth-order valence-electron chi connectivity index (χ4n) is 2.10. The zero-order valence-electron chi connectivity index (χ0n) is 13.7. The van der Waals surface area contributed by atoms with E-state index >= 15 is 0 Å². The molecule has 4 aromatic heterocycles. The predicted molar refractivity (Wildman–Crippen MR) is 94.9 cm³/mol. The number of aliphatic hydroxyl groups excluding tert-OH is 1. The van der Waals surface area contributed by atoms with Crippen LogP contribution < -0.4 is 0 Å². The number of hydrogen-bond acceptors (Lipinski definition) is 6. The van der Waals surface area contributed by atoms with Crippen molar-refractivity contribution in [2.45, 2.75) is 6.61 Å². The second kappa shape index (κ2) is 8.45. The lowest BCUT2D eigenvalue weighted by Gasteiger charge is -1.93. The van der Waals surface area contributed by atoms with E-state index < -0.39 is 0 Å². The van der Waals surface area contributed by atoms with Crippen LogP contribution in [0.5, 0.6) is 0 Å². The number of rotatable bonds is 4. The Kier molecular flexibility index (Phi) is 5.58. The van der Waals surface area contributed by atoms with Gasteiger partial charge in [0.15, 0.2) is 17.9 Å². The summed E-state index contributed by atoms with van der Waals surface area (Å²) in [7, 11) is 0. The van der Waals surface area contributed by atoms with E-state index in [1.165, 1.54) is 6.20 Å². The number of aliphatic hydroxyl groups is 1. The highest BCUT2D eigenvalue weighted by atomic mass is 16.3. The Morgan fingerprint density at radius 1 is 0.846 bits per heavy atom. The molecule has 0 atom stereocenters. The average molecular weight is 348 g/mol. The lowest BCUT2D eigenvalue weighted by molar-refractivity contribution is 0.111. The number of aromatic amines is 2. The van der Waals surface area contributed by atoms with Gasteiger partial charge in [-0.1, -0.05) is 12.1 Å². The minimum Gasteiger partial charge on any atom is -0.390 e. The molecular weight excluding hydrogens is 332 g/mol. The van der Waals surface area contributed by atoms with Crippen LogP contribution in [0.15, 0.2) is 61.2 Å². The third-order valence-electron chi connectivity index (χ3n) is 3.34. The van der Waals surface area contributed by atoms with Crippen LogP contribution >= 0.6 is 0 Å². The predicted octanol–water partition coefficient (Wildman–Crippen LogP) is 2.25. The molecule has 0 saturated heterocycles. The molecule has 0 aromatic carbocycles. The molecule has 4 rings (SSSR count). The van der Waals surface area contributed by atoms with E-state index in [4.69, 9.17) is 5.11 Å². The van der Waals surface area contributed by atoms with Crippen LogP contribution in [-0.4, -0.2) is 41.3 Å². The van der Waals surface area contributed by atoms with Gasteiger partial charge in [-0.2, -0.15) is 0 Å². The van der Waals surface area contributed by atoms with Gasteiger partial charge in [0.1, 0.15) is 11.4 Å². The summed E-state index contributed by atoms with van der Waals surface area (Å²) in [5.74, 6) is 1.30. The molecule has 0 spiro atoms. The number of H-pyrrole nitrogens is 2. The highest BCUT2D eigenvalue weighted by molar-refractivity contribution is 5.72. The Morgan fingerprint density at radius 3 is 1.92 bits per heavy atom. The lowest BCUT2D eigenvalue weighted by Crippen LogP contribution is -1.85. The highest BCUT2D eigenvalue weighted by Gasteiger charge is 2.03. The van der Waals surface area contributed by atoms with Gasteiger partial charge < -0.3 is 15.1 Å². The minimum atomic E-state index is -0.0279. The summed E-state index contributed by atoms with van der Waals surface area (Å²) < 4.78 is 0. The maximum Gasteiger partial charge on any atom is 0.167 e. The van der Waals surface area contributed by atoms with Gasteiger partial charge in [-0.3, -0.25) is 14.8 Å². The second-order valence-corrected chi connectivity index (χ2v) is 5.15. The first-order chi connectivity index (χ1) is 12.8. The molecule has 0 fully saturated rings. The molecule has 0 saturated carbocycles. The normalized spacial score (nSPS) is 10.0. The van der Waals surface area contributed by atoms with Gasteiger partial charge in [-0.25, -0.2) is 9.97 Å². The van der Waals surface area contributed by atoms with Gasteiger partial charge in [0.2, 0.25) is 0 Å². The molecule has 0 amide bonds. The largest absolute Gasteiger partial charge is 0.390 e. The van der Waals surface area contributed by atoms with Crippen LogP contribution in [0.25, 0.3) is 23.0 Å². The lowest BCUT2D eigenvalue weighted by atomic mass is 10.3. The van der Waals surface area contributed by atoms with Crippen molar-refractivity contribution in [3.63, 3.8) is 0 Å². The molecule has 8 heteroatoms. The zero-order valence-corrected chi connectivity index (χ0v) is 13.7. The molecule has 0 radical (unpaired) electrons. The topological polar surface area (TPSA) is 120 Å². The molecule has 0 aliphatic carbocycles. The smallest absolute Gasteiger partial charge is 0.167 e. The quantitative estimate of drug-likeness (QED) is 0.486. The first kappa shape index (κ1) is 17.2. The number of aldehydes is 1. The first-order valence-electron chi connectivity index (χ1n) is 7.78. The monoisotopic (exact) mass is 348 g/mol. The van der Waals surface area contributed by atoms with E-state index in [1.54, 1.807) is 18.6 Å². The highest BCUT2D eigenvalue weighted by Crippen LogP contribution is 2.11. The van der Waals surface area contributed by atoms with Crippen molar-refractivity contribution in [2.24, 2.45) is 0 Å². The van der Waals surface area contributed by atoms with Crippen LogP contribution in [0, 0.1) is 0 Å². The number of carbonyl (C=O) groups is 1. The number of imidazole rings is 2. The van der Waals surface area contributed by atoms with E-state index in [0.29, 0.717) is 23.0 Å². The van der Waals surface area contributed by atoms with Crippen LogP contribution in [0.3, 0.4) is 0 Å². The molecular formula is C18H16N6O2. The summed E-state index contributed by atoms with van der Waals surface area (Å²) >= 11 is 0. The van der Waals surface area contributed by atoms with E-state index in [0.717, 1.165) is 17.7 Å². The average Bonchev–Trinajstić information content (AvgIpc) is 3.39. The summed E-state index contributed by atoms with van der Waals surface area (Å²) in [4.78, 5) is 32.4. The first-order valence-corrected chi connectivity index (χ1v) is 7.78. The number of carbonyl (C=O) groups excluding carboxylic acids is 1.